The van der Waals surface area contributed by atoms with Crippen LogP contribution in [0.25, 0.3) is 11.5 Å². The van der Waals surface area contributed by atoms with Crippen LogP contribution in [0.1, 0.15) is 0 Å². The minimum atomic E-state index is 0.0103. The first-order valence-corrected chi connectivity index (χ1v) is 4.46. The maximum atomic E-state index is 5.80. The summed E-state index contributed by atoms with van der Waals surface area (Å²) in [6, 6.07) is 4.96. The van der Waals surface area contributed by atoms with Gasteiger partial charge in [0.2, 0.25) is 5.89 Å². The minimum Gasteiger partial charge on any atom is -0.404 e. The molecule has 0 saturated heterocycles. The Labute approximate surface area is 89.6 Å². The molecule has 0 aliphatic heterocycles. The average Bonchev–Trinajstić information content (AvgIpc) is 2.50. The molecule has 0 saturated carbocycles. The van der Waals surface area contributed by atoms with Crippen molar-refractivity contribution in [2.24, 2.45) is 0 Å². The normalized spacial score (nSPS) is 10.4. The Kier molecular flexibility index (Phi) is 2.31. The van der Waals surface area contributed by atoms with Gasteiger partial charge in [-0.25, -0.2) is 0 Å². The van der Waals surface area contributed by atoms with Crippen LogP contribution in [0.2, 0.25) is 10.0 Å². The molecular formula is C8H5Cl2N3O. The molecule has 0 bridgehead atoms. The SMILES string of the molecule is Nc1nnc(-c2cc(Cl)cc(Cl)c2)o1. The van der Waals surface area contributed by atoms with Crippen LogP contribution >= 0.6 is 23.2 Å². The third-order valence-electron chi connectivity index (χ3n) is 1.55. The van der Waals surface area contributed by atoms with Gasteiger partial charge in [-0.3, -0.25) is 0 Å². The van der Waals surface area contributed by atoms with Gasteiger partial charge in [0.05, 0.1) is 0 Å². The molecule has 0 aliphatic rings. The first-order valence-electron chi connectivity index (χ1n) is 3.70. The fourth-order valence-corrected chi connectivity index (χ4v) is 1.55. The molecule has 0 atom stereocenters. The fourth-order valence-electron chi connectivity index (χ4n) is 1.03. The van der Waals surface area contributed by atoms with Crippen LogP contribution in [0.15, 0.2) is 22.6 Å². The summed E-state index contributed by atoms with van der Waals surface area (Å²) in [7, 11) is 0. The molecule has 2 N–H and O–H groups in total. The number of nitrogen functional groups attached to an aromatic ring is 1. The third-order valence-corrected chi connectivity index (χ3v) is 1.99. The lowest BCUT2D eigenvalue weighted by Crippen LogP contribution is -1.81. The van der Waals surface area contributed by atoms with Crippen LogP contribution in [0.5, 0.6) is 0 Å². The lowest BCUT2D eigenvalue weighted by molar-refractivity contribution is 0.590. The quantitative estimate of drug-likeness (QED) is 0.817. The molecule has 0 fully saturated rings. The number of nitrogens with two attached hydrogens (primary N) is 1. The summed E-state index contributed by atoms with van der Waals surface area (Å²) in [5, 5.41) is 8.24. The van der Waals surface area contributed by atoms with E-state index >= 15 is 0 Å². The summed E-state index contributed by atoms with van der Waals surface area (Å²) in [6.45, 7) is 0. The van der Waals surface area contributed by atoms with Gasteiger partial charge in [0.15, 0.2) is 0 Å². The zero-order valence-electron chi connectivity index (χ0n) is 6.87. The Hall–Kier alpha value is -1.26. The second-order valence-electron chi connectivity index (χ2n) is 2.60. The molecule has 6 heteroatoms. The molecule has 0 unspecified atom stereocenters. The topological polar surface area (TPSA) is 64.9 Å². The number of halogens is 2. The molecule has 2 aromatic rings. The van der Waals surface area contributed by atoms with Crippen LogP contribution in [0.3, 0.4) is 0 Å². The molecular weight excluding hydrogens is 225 g/mol. The van der Waals surface area contributed by atoms with E-state index in [1.807, 2.05) is 0 Å². The number of aromatic nitrogens is 2. The van der Waals surface area contributed by atoms with E-state index in [1.54, 1.807) is 18.2 Å². The number of hydrogen-bond donors (Lipinski definition) is 1. The van der Waals surface area contributed by atoms with E-state index in [0.29, 0.717) is 21.5 Å². The van der Waals surface area contributed by atoms with Gasteiger partial charge in [0, 0.05) is 15.6 Å². The highest BCUT2D eigenvalue weighted by Gasteiger charge is 2.07. The second kappa shape index (κ2) is 3.48. The van der Waals surface area contributed by atoms with Crippen molar-refractivity contribution >= 4 is 29.2 Å². The van der Waals surface area contributed by atoms with Gasteiger partial charge in [-0.15, -0.1) is 5.10 Å². The van der Waals surface area contributed by atoms with E-state index in [1.165, 1.54) is 0 Å². The highest BCUT2D eigenvalue weighted by molar-refractivity contribution is 6.35. The van der Waals surface area contributed by atoms with E-state index in [0.717, 1.165) is 0 Å². The van der Waals surface area contributed by atoms with Gasteiger partial charge in [0.1, 0.15) is 0 Å². The molecule has 72 valence electrons. The smallest absolute Gasteiger partial charge is 0.313 e. The molecule has 14 heavy (non-hydrogen) atoms. The Morgan fingerprint density at radius 1 is 1.07 bits per heavy atom. The van der Waals surface area contributed by atoms with Crippen LogP contribution in [0, 0.1) is 0 Å². The van der Waals surface area contributed by atoms with Gasteiger partial charge in [0.25, 0.3) is 0 Å². The van der Waals surface area contributed by atoms with Crippen molar-refractivity contribution in [3.63, 3.8) is 0 Å². The van der Waals surface area contributed by atoms with Crippen molar-refractivity contribution in [3.8, 4) is 11.5 Å². The number of hydrogen-bond acceptors (Lipinski definition) is 4. The summed E-state index contributed by atoms with van der Waals surface area (Å²) in [6.07, 6.45) is 0. The van der Waals surface area contributed by atoms with Crippen molar-refractivity contribution < 1.29 is 4.42 Å². The maximum Gasteiger partial charge on any atom is 0.313 e. The standard InChI is InChI=1S/C8H5Cl2N3O/c9-5-1-4(2-6(10)3-5)7-12-13-8(11)14-7/h1-3H,(H2,11,13). The lowest BCUT2D eigenvalue weighted by Gasteiger charge is -1.96. The number of anilines is 1. The van der Waals surface area contributed by atoms with E-state index < -0.39 is 0 Å². The summed E-state index contributed by atoms with van der Waals surface area (Å²) < 4.78 is 5.02. The molecule has 0 spiro atoms. The summed E-state index contributed by atoms with van der Waals surface area (Å²) in [4.78, 5) is 0. The maximum absolute atomic E-state index is 5.80. The van der Waals surface area contributed by atoms with E-state index in [-0.39, 0.29) is 6.01 Å². The Balaban J connectivity index is 2.51. The predicted octanol–water partition coefficient (Wildman–Crippen LogP) is 2.63. The Morgan fingerprint density at radius 2 is 1.71 bits per heavy atom. The molecule has 1 heterocycles. The third kappa shape index (κ3) is 1.81. The van der Waals surface area contributed by atoms with Crippen molar-refractivity contribution in [1.82, 2.24) is 10.2 Å². The number of benzene rings is 1. The monoisotopic (exact) mass is 229 g/mol. The van der Waals surface area contributed by atoms with Crippen molar-refractivity contribution in [1.29, 1.82) is 0 Å². The lowest BCUT2D eigenvalue weighted by atomic mass is 10.2. The molecule has 0 amide bonds. The molecule has 1 aromatic heterocycles. The number of rotatable bonds is 1. The average molecular weight is 230 g/mol. The van der Waals surface area contributed by atoms with Gasteiger partial charge in [-0.2, -0.15) is 0 Å². The fraction of sp³-hybridized carbons (Fsp3) is 0. The second-order valence-corrected chi connectivity index (χ2v) is 3.48. The first-order chi connectivity index (χ1) is 6.65. The van der Waals surface area contributed by atoms with Gasteiger partial charge < -0.3 is 10.2 Å². The van der Waals surface area contributed by atoms with Crippen LogP contribution in [-0.4, -0.2) is 10.2 Å². The molecule has 0 radical (unpaired) electrons. The van der Waals surface area contributed by atoms with Crippen molar-refractivity contribution in [2.45, 2.75) is 0 Å². The first kappa shape index (κ1) is 9.30. The van der Waals surface area contributed by atoms with Crippen molar-refractivity contribution in [3.05, 3.63) is 28.2 Å². The summed E-state index contributed by atoms with van der Waals surface area (Å²) >= 11 is 11.6. The zero-order chi connectivity index (χ0) is 10.1. The van der Waals surface area contributed by atoms with Crippen LogP contribution in [0.4, 0.5) is 6.01 Å². The highest BCUT2D eigenvalue weighted by atomic mass is 35.5. The molecule has 4 nitrogen and oxygen atoms in total. The minimum absolute atomic E-state index is 0.0103. The number of nitrogens with zero attached hydrogens (tertiary/aromatic N) is 2. The van der Waals surface area contributed by atoms with Crippen LogP contribution in [-0.2, 0) is 0 Å². The van der Waals surface area contributed by atoms with Crippen LogP contribution < -0.4 is 5.73 Å². The summed E-state index contributed by atoms with van der Waals surface area (Å²) in [5.74, 6) is 0.298. The van der Waals surface area contributed by atoms with E-state index in [4.69, 9.17) is 33.4 Å². The van der Waals surface area contributed by atoms with E-state index in [9.17, 15) is 0 Å². The van der Waals surface area contributed by atoms with Gasteiger partial charge in [-0.05, 0) is 18.2 Å². The Bertz CT molecular complexity index is 449. The van der Waals surface area contributed by atoms with Gasteiger partial charge >= 0.3 is 6.01 Å². The zero-order valence-corrected chi connectivity index (χ0v) is 8.38. The molecule has 0 aliphatic carbocycles. The van der Waals surface area contributed by atoms with Crippen molar-refractivity contribution in [2.75, 3.05) is 5.73 Å². The summed E-state index contributed by atoms with van der Waals surface area (Å²) in [5.41, 5.74) is 5.93. The van der Waals surface area contributed by atoms with E-state index in [2.05, 4.69) is 10.2 Å². The molecule has 2 rings (SSSR count). The largest absolute Gasteiger partial charge is 0.404 e. The highest BCUT2D eigenvalue weighted by Crippen LogP contribution is 2.26. The van der Waals surface area contributed by atoms with Gasteiger partial charge in [-0.1, -0.05) is 28.3 Å². The molecule has 1 aromatic carbocycles. The Morgan fingerprint density at radius 3 is 2.21 bits per heavy atom. The predicted molar refractivity (Wildman–Crippen MR) is 54.2 cm³/mol.